The summed E-state index contributed by atoms with van der Waals surface area (Å²) in [6.07, 6.45) is -4.08. The van der Waals surface area contributed by atoms with Gasteiger partial charge in [-0.25, -0.2) is 0 Å². The monoisotopic (exact) mass is 399 g/mol. The molecule has 0 saturated carbocycles. The number of hydrogen-bond acceptors (Lipinski definition) is 10. The average molecular weight is 399 g/mol. The van der Waals surface area contributed by atoms with Gasteiger partial charge in [0.15, 0.2) is 24.3 Å². The van der Waals surface area contributed by atoms with Gasteiger partial charge in [0.1, 0.15) is 18.8 Å². The van der Waals surface area contributed by atoms with Gasteiger partial charge in [0.05, 0.1) is 6.26 Å². The molecule has 1 aliphatic heterocycles. The fourth-order valence-corrected chi connectivity index (χ4v) is 2.70. The van der Waals surface area contributed by atoms with Crippen molar-refractivity contribution in [3.8, 4) is 0 Å². The lowest BCUT2D eigenvalue weighted by atomic mass is 9.96. The number of ether oxygens (including phenoxy) is 4. The summed E-state index contributed by atoms with van der Waals surface area (Å²) < 4.78 is 25.6. The predicted octanol–water partition coefficient (Wildman–Crippen LogP) is -0.478. The van der Waals surface area contributed by atoms with Gasteiger partial charge in [-0.15, -0.1) is 0 Å². The quantitative estimate of drug-likeness (QED) is 0.474. The molecule has 1 aliphatic rings. The van der Waals surface area contributed by atoms with Crippen LogP contribution in [0.15, 0.2) is 22.8 Å². The molecule has 1 aromatic heterocycles. The fourth-order valence-electron chi connectivity index (χ4n) is 2.70. The molecule has 1 aromatic rings. The number of rotatable bonds is 6. The number of amides is 1. The van der Waals surface area contributed by atoms with Crippen molar-refractivity contribution in [2.45, 2.75) is 51.4 Å². The summed E-state index contributed by atoms with van der Waals surface area (Å²) in [5.41, 5.74) is 0. The number of aliphatic hydroxyl groups excluding tert-OH is 1. The third kappa shape index (κ3) is 5.54. The van der Waals surface area contributed by atoms with Crippen molar-refractivity contribution in [3.63, 3.8) is 0 Å². The molecule has 154 valence electrons. The van der Waals surface area contributed by atoms with E-state index in [1.165, 1.54) is 18.4 Å². The molecule has 0 radical (unpaired) electrons. The first-order valence-corrected chi connectivity index (χ1v) is 8.34. The highest BCUT2D eigenvalue weighted by Gasteiger charge is 2.50. The Morgan fingerprint density at radius 1 is 1.07 bits per heavy atom. The van der Waals surface area contributed by atoms with E-state index in [9.17, 15) is 24.3 Å². The van der Waals surface area contributed by atoms with Crippen LogP contribution >= 0.6 is 0 Å². The van der Waals surface area contributed by atoms with Crippen LogP contribution in [-0.2, 0) is 33.3 Å². The molecular weight excluding hydrogens is 378 g/mol. The Morgan fingerprint density at radius 3 is 2.25 bits per heavy atom. The SMILES string of the molecule is CC(=O)OC[C@@H]1O[C@@H](O)[C@@H](NC(=O)c2ccco2)[C@@H](OC(C)=O)[C@H]1OC(C)=O. The van der Waals surface area contributed by atoms with Gasteiger partial charge in [0.25, 0.3) is 5.91 Å². The minimum atomic E-state index is -1.66. The molecule has 0 aliphatic carbocycles. The average Bonchev–Trinajstić information content (AvgIpc) is 3.12. The normalized spacial score (nSPS) is 26.8. The molecule has 11 heteroatoms. The van der Waals surface area contributed by atoms with Crippen LogP contribution in [0.1, 0.15) is 31.3 Å². The number of carbonyl (C=O) groups is 4. The number of carbonyl (C=O) groups excluding carboxylic acids is 4. The van der Waals surface area contributed by atoms with Crippen LogP contribution in [0, 0.1) is 0 Å². The maximum absolute atomic E-state index is 12.3. The first-order valence-electron chi connectivity index (χ1n) is 8.34. The van der Waals surface area contributed by atoms with Crippen LogP contribution in [-0.4, -0.2) is 66.2 Å². The smallest absolute Gasteiger partial charge is 0.303 e. The third-order valence-electron chi connectivity index (χ3n) is 3.76. The van der Waals surface area contributed by atoms with E-state index in [1.54, 1.807) is 0 Å². The van der Waals surface area contributed by atoms with Crippen molar-refractivity contribution in [2.24, 2.45) is 0 Å². The molecule has 1 amide bonds. The number of esters is 3. The van der Waals surface area contributed by atoms with Gasteiger partial charge in [-0.2, -0.15) is 0 Å². The van der Waals surface area contributed by atoms with E-state index >= 15 is 0 Å². The van der Waals surface area contributed by atoms with Crippen molar-refractivity contribution in [2.75, 3.05) is 6.61 Å². The Kier molecular flexibility index (Phi) is 7.12. The van der Waals surface area contributed by atoms with E-state index < -0.39 is 54.5 Å². The van der Waals surface area contributed by atoms with Gasteiger partial charge >= 0.3 is 17.9 Å². The molecule has 5 atom stereocenters. The summed E-state index contributed by atoms with van der Waals surface area (Å²) in [6, 6.07) is 1.59. The minimum absolute atomic E-state index is 0.0557. The molecule has 11 nitrogen and oxygen atoms in total. The summed E-state index contributed by atoms with van der Waals surface area (Å²) in [6.45, 7) is 3.02. The van der Waals surface area contributed by atoms with Crippen molar-refractivity contribution in [3.05, 3.63) is 24.2 Å². The van der Waals surface area contributed by atoms with E-state index in [2.05, 4.69) is 5.32 Å². The lowest BCUT2D eigenvalue weighted by Crippen LogP contribution is -2.66. The first kappa shape index (κ1) is 21.4. The Labute approximate surface area is 159 Å². The molecule has 0 aromatic carbocycles. The minimum Gasteiger partial charge on any atom is -0.463 e. The van der Waals surface area contributed by atoms with Gasteiger partial charge in [-0.05, 0) is 12.1 Å². The molecule has 2 N–H and O–H groups in total. The lowest BCUT2D eigenvalue weighted by Gasteiger charge is -2.43. The van der Waals surface area contributed by atoms with Gasteiger partial charge in [-0.1, -0.05) is 0 Å². The zero-order valence-electron chi connectivity index (χ0n) is 15.4. The number of hydrogen-bond donors (Lipinski definition) is 2. The number of aliphatic hydroxyl groups is 1. The Hall–Kier alpha value is -2.92. The summed E-state index contributed by atoms with van der Waals surface area (Å²) in [7, 11) is 0. The zero-order valence-corrected chi connectivity index (χ0v) is 15.4. The Balaban J connectivity index is 2.29. The molecule has 2 heterocycles. The van der Waals surface area contributed by atoms with E-state index in [0.717, 1.165) is 20.8 Å². The highest BCUT2D eigenvalue weighted by atomic mass is 16.7. The molecule has 2 rings (SSSR count). The van der Waals surface area contributed by atoms with Crippen molar-refractivity contribution >= 4 is 23.8 Å². The van der Waals surface area contributed by atoms with Crippen molar-refractivity contribution < 1.29 is 47.6 Å². The van der Waals surface area contributed by atoms with Crippen molar-refractivity contribution in [1.82, 2.24) is 5.32 Å². The summed E-state index contributed by atoms with van der Waals surface area (Å²) in [4.78, 5) is 46.5. The molecule has 28 heavy (non-hydrogen) atoms. The largest absolute Gasteiger partial charge is 0.463 e. The van der Waals surface area contributed by atoms with Gasteiger partial charge in [-0.3, -0.25) is 19.2 Å². The zero-order chi connectivity index (χ0) is 20.8. The van der Waals surface area contributed by atoms with Crippen LogP contribution in [0.2, 0.25) is 0 Å². The van der Waals surface area contributed by atoms with Gasteiger partial charge < -0.3 is 33.8 Å². The standard InChI is InChI=1S/C17H21NO10/c1-8(19)25-7-12-14(26-9(2)20)15(27-10(3)21)13(17(23)28-12)18-16(22)11-5-4-6-24-11/h4-6,12-15,17,23H,7H2,1-3H3,(H,18,22)/t12-,13-,14-,15+,17+/m0/s1. The Morgan fingerprint density at radius 2 is 1.71 bits per heavy atom. The molecule has 1 fully saturated rings. The number of furan rings is 1. The summed E-state index contributed by atoms with van der Waals surface area (Å²) in [5.74, 6) is -2.88. The molecular formula is C17H21NO10. The van der Waals surface area contributed by atoms with Gasteiger partial charge in [0.2, 0.25) is 0 Å². The van der Waals surface area contributed by atoms with E-state index in [4.69, 9.17) is 23.4 Å². The van der Waals surface area contributed by atoms with Crippen LogP contribution in [0.25, 0.3) is 0 Å². The van der Waals surface area contributed by atoms with E-state index in [-0.39, 0.29) is 12.4 Å². The van der Waals surface area contributed by atoms with Gasteiger partial charge in [0, 0.05) is 20.8 Å². The topological polar surface area (TPSA) is 151 Å². The van der Waals surface area contributed by atoms with Crippen molar-refractivity contribution in [1.29, 1.82) is 0 Å². The van der Waals surface area contributed by atoms with Crippen LogP contribution in [0.4, 0.5) is 0 Å². The predicted molar refractivity (Wildman–Crippen MR) is 88.6 cm³/mol. The highest BCUT2D eigenvalue weighted by Crippen LogP contribution is 2.26. The number of nitrogens with one attached hydrogen (secondary N) is 1. The first-order chi connectivity index (χ1) is 13.2. The second kappa shape index (κ2) is 9.33. The lowest BCUT2D eigenvalue weighted by molar-refractivity contribution is -0.263. The summed E-state index contributed by atoms with van der Waals surface area (Å²) >= 11 is 0. The molecule has 0 bridgehead atoms. The molecule has 1 saturated heterocycles. The second-order valence-electron chi connectivity index (χ2n) is 5.99. The second-order valence-corrected chi connectivity index (χ2v) is 5.99. The Bertz CT molecular complexity index is 716. The highest BCUT2D eigenvalue weighted by molar-refractivity contribution is 5.91. The maximum atomic E-state index is 12.3. The van der Waals surface area contributed by atoms with Crippen LogP contribution < -0.4 is 5.32 Å². The maximum Gasteiger partial charge on any atom is 0.303 e. The fraction of sp³-hybridized carbons (Fsp3) is 0.529. The van der Waals surface area contributed by atoms with Crippen LogP contribution in [0.3, 0.4) is 0 Å². The van der Waals surface area contributed by atoms with E-state index in [1.807, 2.05) is 0 Å². The molecule has 0 unspecified atom stereocenters. The van der Waals surface area contributed by atoms with Crippen LogP contribution in [0.5, 0.6) is 0 Å². The third-order valence-corrected chi connectivity index (χ3v) is 3.76. The summed E-state index contributed by atoms with van der Waals surface area (Å²) in [5, 5.41) is 12.8. The molecule has 0 spiro atoms. The van der Waals surface area contributed by atoms with E-state index in [0.29, 0.717) is 0 Å².